The number of urea groups is 1. The van der Waals surface area contributed by atoms with E-state index in [-0.39, 0.29) is 12.5 Å². The van der Waals surface area contributed by atoms with E-state index in [4.69, 9.17) is 0 Å². The van der Waals surface area contributed by atoms with Crippen molar-refractivity contribution >= 4 is 40.2 Å². The van der Waals surface area contributed by atoms with E-state index < -0.39 is 30.3 Å². The zero-order valence-corrected chi connectivity index (χ0v) is 14.6. The number of hydrogen-bond acceptors (Lipinski definition) is 4. The summed E-state index contributed by atoms with van der Waals surface area (Å²) in [6, 6.07) is 12.2. The van der Waals surface area contributed by atoms with E-state index in [1.807, 2.05) is 44.2 Å². The molecule has 0 atom stereocenters. The second-order valence-corrected chi connectivity index (χ2v) is 6.56. The summed E-state index contributed by atoms with van der Waals surface area (Å²) in [4.78, 5) is 50.2. The van der Waals surface area contributed by atoms with Crippen molar-refractivity contribution in [2.24, 2.45) is 5.92 Å². The molecular formula is C19H19N3O4. The molecule has 0 aliphatic carbocycles. The summed E-state index contributed by atoms with van der Waals surface area (Å²) in [5.41, 5.74) is 0.581. The molecule has 2 aromatic rings. The Kier molecular flexibility index (Phi) is 4.71. The average Bonchev–Trinajstić information content (AvgIpc) is 2.80. The maximum atomic E-state index is 12.4. The second-order valence-electron chi connectivity index (χ2n) is 6.56. The minimum atomic E-state index is -0.969. The van der Waals surface area contributed by atoms with E-state index in [9.17, 15) is 19.2 Å². The minimum Gasteiger partial charge on any atom is -0.324 e. The number of rotatable bonds is 5. The first-order valence-corrected chi connectivity index (χ1v) is 8.33. The highest BCUT2D eigenvalue weighted by molar-refractivity contribution is 6.45. The lowest BCUT2D eigenvalue weighted by molar-refractivity contribution is -0.143. The Hall–Kier alpha value is -3.22. The normalized spacial score (nSPS) is 14.7. The third-order valence-electron chi connectivity index (χ3n) is 4.05. The molecule has 0 radical (unpaired) electrons. The van der Waals surface area contributed by atoms with Gasteiger partial charge in [0.25, 0.3) is 0 Å². The number of anilines is 1. The van der Waals surface area contributed by atoms with Crippen molar-refractivity contribution in [2.75, 3.05) is 18.4 Å². The zero-order valence-electron chi connectivity index (χ0n) is 14.6. The van der Waals surface area contributed by atoms with Crippen molar-refractivity contribution in [3.8, 4) is 0 Å². The van der Waals surface area contributed by atoms with Gasteiger partial charge in [-0.2, -0.15) is 0 Å². The van der Waals surface area contributed by atoms with Gasteiger partial charge in [0.05, 0.1) is 0 Å². The van der Waals surface area contributed by atoms with Gasteiger partial charge in [-0.15, -0.1) is 0 Å². The van der Waals surface area contributed by atoms with Gasteiger partial charge in [0.1, 0.15) is 6.54 Å². The first kappa shape index (κ1) is 17.6. The van der Waals surface area contributed by atoms with Crippen molar-refractivity contribution in [1.82, 2.24) is 9.80 Å². The van der Waals surface area contributed by atoms with E-state index in [0.29, 0.717) is 10.6 Å². The summed E-state index contributed by atoms with van der Waals surface area (Å²) >= 11 is 0. The van der Waals surface area contributed by atoms with E-state index in [1.54, 1.807) is 12.1 Å². The molecule has 1 fully saturated rings. The molecule has 0 unspecified atom stereocenters. The van der Waals surface area contributed by atoms with Gasteiger partial charge in [0.15, 0.2) is 0 Å². The average molecular weight is 353 g/mol. The molecule has 0 saturated carbocycles. The molecule has 1 aliphatic heterocycles. The predicted molar refractivity (Wildman–Crippen MR) is 96.2 cm³/mol. The summed E-state index contributed by atoms with van der Waals surface area (Å²) in [6.07, 6.45) is 0. The molecule has 26 heavy (non-hydrogen) atoms. The predicted octanol–water partition coefficient (Wildman–Crippen LogP) is 2.23. The van der Waals surface area contributed by atoms with Gasteiger partial charge in [-0.1, -0.05) is 50.2 Å². The first-order chi connectivity index (χ1) is 12.4. The highest BCUT2D eigenvalue weighted by atomic mass is 16.2. The quantitative estimate of drug-likeness (QED) is 0.660. The Morgan fingerprint density at radius 1 is 0.962 bits per heavy atom. The van der Waals surface area contributed by atoms with Crippen LogP contribution in [0.1, 0.15) is 13.8 Å². The van der Waals surface area contributed by atoms with Crippen LogP contribution in [0, 0.1) is 5.92 Å². The third-order valence-corrected chi connectivity index (χ3v) is 4.05. The Bertz CT molecular complexity index is 901. The van der Waals surface area contributed by atoms with Crippen LogP contribution in [0.4, 0.5) is 10.5 Å². The van der Waals surface area contributed by atoms with Gasteiger partial charge in [-0.3, -0.25) is 19.3 Å². The SMILES string of the molecule is CC(C)CN1C(=O)C(=O)N(CC(=O)Nc2cccc3ccccc23)C1=O. The van der Waals surface area contributed by atoms with Gasteiger partial charge < -0.3 is 5.32 Å². The van der Waals surface area contributed by atoms with E-state index in [0.717, 1.165) is 15.7 Å². The lowest BCUT2D eigenvalue weighted by Crippen LogP contribution is -2.39. The summed E-state index contributed by atoms with van der Waals surface area (Å²) < 4.78 is 0. The molecule has 0 spiro atoms. The molecular weight excluding hydrogens is 334 g/mol. The molecule has 134 valence electrons. The number of imide groups is 2. The fourth-order valence-corrected chi connectivity index (χ4v) is 2.88. The first-order valence-electron chi connectivity index (χ1n) is 8.33. The van der Waals surface area contributed by atoms with Gasteiger partial charge in [0.2, 0.25) is 5.91 Å². The lowest BCUT2D eigenvalue weighted by Gasteiger charge is -2.17. The summed E-state index contributed by atoms with van der Waals surface area (Å²) in [5, 5.41) is 4.51. The van der Waals surface area contributed by atoms with Crippen molar-refractivity contribution < 1.29 is 19.2 Å². The van der Waals surface area contributed by atoms with Gasteiger partial charge in [-0.05, 0) is 17.4 Å². The van der Waals surface area contributed by atoms with Crippen LogP contribution in [0.5, 0.6) is 0 Å². The Labute approximate surface area is 150 Å². The maximum Gasteiger partial charge on any atom is 0.334 e. The molecule has 2 aromatic carbocycles. The van der Waals surface area contributed by atoms with Crippen LogP contribution < -0.4 is 5.32 Å². The van der Waals surface area contributed by atoms with E-state index in [2.05, 4.69) is 5.32 Å². The Morgan fingerprint density at radius 3 is 2.35 bits per heavy atom. The maximum absolute atomic E-state index is 12.4. The smallest absolute Gasteiger partial charge is 0.324 e. The fourth-order valence-electron chi connectivity index (χ4n) is 2.88. The van der Waals surface area contributed by atoms with Crippen LogP contribution in [-0.2, 0) is 14.4 Å². The number of carbonyl (C=O) groups excluding carboxylic acids is 4. The monoisotopic (exact) mass is 353 g/mol. The second kappa shape index (κ2) is 6.95. The van der Waals surface area contributed by atoms with Gasteiger partial charge in [0, 0.05) is 17.6 Å². The van der Waals surface area contributed by atoms with Crippen LogP contribution in [0.25, 0.3) is 10.8 Å². The third kappa shape index (κ3) is 3.28. The summed E-state index contributed by atoms with van der Waals surface area (Å²) in [5.74, 6) is -2.37. The minimum absolute atomic E-state index is 0.0279. The number of amides is 5. The van der Waals surface area contributed by atoms with Crippen molar-refractivity contribution in [2.45, 2.75) is 13.8 Å². The van der Waals surface area contributed by atoms with Gasteiger partial charge in [-0.25, -0.2) is 9.69 Å². The number of nitrogens with one attached hydrogen (secondary N) is 1. The number of hydrogen-bond donors (Lipinski definition) is 1. The van der Waals surface area contributed by atoms with Crippen molar-refractivity contribution in [3.63, 3.8) is 0 Å². The number of benzene rings is 2. The van der Waals surface area contributed by atoms with Crippen molar-refractivity contribution in [1.29, 1.82) is 0 Å². The number of carbonyl (C=O) groups is 4. The molecule has 7 heteroatoms. The fraction of sp³-hybridized carbons (Fsp3) is 0.263. The van der Waals surface area contributed by atoms with Crippen LogP contribution in [0.2, 0.25) is 0 Å². The molecule has 1 aliphatic rings. The largest absolute Gasteiger partial charge is 0.334 e. The molecule has 1 heterocycles. The number of fused-ring (bicyclic) bond motifs is 1. The Balaban J connectivity index is 1.74. The number of nitrogens with zero attached hydrogens (tertiary/aromatic N) is 2. The van der Waals surface area contributed by atoms with E-state index in [1.165, 1.54) is 0 Å². The van der Waals surface area contributed by atoms with Crippen LogP contribution in [0.15, 0.2) is 42.5 Å². The molecule has 0 bridgehead atoms. The van der Waals surface area contributed by atoms with Crippen LogP contribution in [0.3, 0.4) is 0 Å². The van der Waals surface area contributed by atoms with Crippen molar-refractivity contribution in [3.05, 3.63) is 42.5 Å². The molecule has 0 aromatic heterocycles. The summed E-state index contributed by atoms with van der Waals surface area (Å²) in [6.45, 7) is 3.31. The highest BCUT2D eigenvalue weighted by Gasteiger charge is 2.45. The molecule has 7 nitrogen and oxygen atoms in total. The zero-order chi connectivity index (χ0) is 18.8. The summed E-state index contributed by atoms with van der Waals surface area (Å²) in [7, 11) is 0. The topological polar surface area (TPSA) is 86.8 Å². The molecule has 1 saturated heterocycles. The Morgan fingerprint density at radius 2 is 1.62 bits per heavy atom. The molecule has 1 N–H and O–H groups in total. The van der Waals surface area contributed by atoms with Crippen LogP contribution >= 0.6 is 0 Å². The lowest BCUT2D eigenvalue weighted by atomic mass is 10.1. The highest BCUT2D eigenvalue weighted by Crippen LogP contribution is 2.23. The van der Waals surface area contributed by atoms with Crippen LogP contribution in [-0.4, -0.2) is 46.6 Å². The molecule has 5 amide bonds. The van der Waals surface area contributed by atoms with Gasteiger partial charge >= 0.3 is 17.8 Å². The van der Waals surface area contributed by atoms with E-state index >= 15 is 0 Å². The standard InChI is InChI=1S/C19H19N3O4/c1-12(2)10-21-17(24)18(25)22(19(21)26)11-16(23)20-15-9-5-7-13-6-3-4-8-14(13)15/h3-9,12H,10-11H2,1-2H3,(H,20,23). The molecule has 3 rings (SSSR count).